The standard InChI is InChI=1S/C14H21ClN2O/c1-3-12-14(15)13(17(4-2)16-12)9-11(18)8-10-6-5-7-10/h10H,3-9H2,1-2H3. The molecule has 1 aliphatic rings. The van der Waals surface area contributed by atoms with Gasteiger partial charge in [-0.3, -0.25) is 9.48 Å². The zero-order valence-electron chi connectivity index (χ0n) is 11.2. The smallest absolute Gasteiger partial charge is 0.139 e. The Morgan fingerprint density at radius 1 is 1.44 bits per heavy atom. The van der Waals surface area contributed by atoms with E-state index in [0.717, 1.165) is 24.4 Å². The van der Waals surface area contributed by atoms with Crippen molar-refractivity contribution in [3.05, 3.63) is 16.4 Å². The van der Waals surface area contributed by atoms with Crippen LogP contribution in [0.1, 0.15) is 50.9 Å². The van der Waals surface area contributed by atoms with Crippen molar-refractivity contribution in [1.29, 1.82) is 0 Å². The van der Waals surface area contributed by atoms with Crippen LogP contribution < -0.4 is 0 Å². The zero-order valence-corrected chi connectivity index (χ0v) is 12.0. The Balaban J connectivity index is 2.06. The van der Waals surface area contributed by atoms with Crippen molar-refractivity contribution in [3.63, 3.8) is 0 Å². The van der Waals surface area contributed by atoms with E-state index in [1.165, 1.54) is 19.3 Å². The molecule has 0 amide bonds. The van der Waals surface area contributed by atoms with Gasteiger partial charge in [-0.1, -0.05) is 37.8 Å². The Bertz CT molecular complexity index is 435. The number of hydrogen-bond acceptors (Lipinski definition) is 2. The van der Waals surface area contributed by atoms with Gasteiger partial charge in [0.2, 0.25) is 0 Å². The Morgan fingerprint density at radius 3 is 2.67 bits per heavy atom. The van der Waals surface area contributed by atoms with Gasteiger partial charge in [0.25, 0.3) is 0 Å². The topological polar surface area (TPSA) is 34.9 Å². The molecule has 0 unspecified atom stereocenters. The number of aromatic nitrogens is 2. The van der Waals surface area contributed by atoms with E-state index >= 15 is 0 Å². The summed E-state index contributed by atoms with van der Waals surface area (Å²) in [5.74, 6) is 0.929. The maximum Gasteiger partial charge on any atom is 0.139 e. The summed E-state index contributed by atoms with van der Waals surface area (Å²) in [6.07, 6.45) is 5.68. The fourth-order valence-electron chi connectivity index (χ4n) is 2.46. The van der Waals surface area contributed by atoms with Crippen LogP contribution in [0.5, 0.6) is 0 Å². The maximum absolute atomic E-state index is 12.0. The van der Waals surface area contributed by atoms with Gasteiger partial charge in [-0.2, -0.15) is 5.10 Å². The summed E-state index contributed by atoms with van der Waals surface area (Å²) >= 11 is 6.30. The number of aryl methyl sites for hydroxylation is 2. The monoisotopic (exact) mass is 268 g/mol. The summed E-state index contributed by atoms with van der Waals surface area (Å²) in [5.41, 5.74) is 1.81. The highest BCUT2D eigenvalue weighted by Gasteiger charge is 2.23. The molecule has 0 saturated heterocycles. The molecule has 4 heteroatoms. The number of rotatable bonds is 6. The van der Waals surface area contributed by atoms with E-state index in [-0.39, 0.29) is 0 Å². The van der Waals surface area contributed by atoms with Gasteiger partial charge in [0.1, 0.15) is 5.78 Å². The predicted octanol–water partition coefficient (Wildman–Crippen LogP) is 3.42. The highest BCUT2D eigenvalue weighted by Crippen LogP contribution is 2.30. The van der Waals surface area contributed by atoms with Crippen LogP contribution in [0.2, 0.25) is 5.02 Å². The highest BCUT2D eigenvalue weighted by atomic mass is 35.5. The number of halogens is 1. The Kier molecular flexibility index (Phi) is 4.44. The third kappa shape index (κ3) is 2.77. The fourth-order valence-corrected chi connectivity index (χ4v) is 2.80. The molecule has 0 spiro atoms. The van der Waals surface area contributed by atoms with Gasteiger partial charge < -0.3 is 0 Å². The van der Waals surface area contributed by atoms with Gasteiger partial charge >= 0.3 is 0 Å². The summed E-state index contributed by atoms with van der Waals surface area (Å²) in [7, 11) is 0. The highest BCUT2D eigenvalue weighted by molar-refractivity contribution is 6.32. The van der Waals surface area contributed by atoms with Gasteiger partial charge in [0.05, 0.1) is 16.4 Å². The van der Waals surface area contributed by atoms with E-state index < -0.39 is 0 Å². The number of hydrogen-bond donors (Lipinski definition) is 0. The molecule has 1 aliphatic carbocycles. The number of Topliss-reactive ketones (excluding diaryl/α,β-unsaturated/α-hetero) is 1. The molecule has 0 atom stereocenters. The predicted molar refractivity (Wildman–Crippen MR) is 73.0 cm³/mol. The second-order valence-electron chi connectivity index (χ2n) is 5.09. The van der Waals surface area contributed by atoms with Crippen LogP contribution in [-0.4, -0.2) is 15.6 Å². The van der Waals surface area contributed by atoms with Crippen molar-refractivity contribution in [2.24, 2.45) is 5.92 Å². The Morgan fingerprint density at radius 2 is 2.17 bits per heavy atom. The van der Waals surface area contributed by atoms with Crippen molar-refractivity contribution in [1.82, 2.24) is 9.78 Å². The lowest BCUT2D eigenvalue weighted by molar-refractivity contribution is -0.120. The van der Waals surface area contributed by atoms with Gasteiger partial charge in [-0.05, 0) is 19.3 Å². The minimum Gasteiger partial charge on any atom is -0.299 e. The van der Waals surface area contributed by atoms with Crippen LogP contribution in [0, 0.1) is 5.92 Å². The largest absolute Gasteiger partial charge is 0.299 e. The third-order valence-corrected chi connectivity index (χ3v) is 4.24. The summed E-state index contributed by atoms with van der Waals surface area (Å²) in [6, 6.07) is 0. The molecule has 100 valence electrons. The van der Waals surface area contributed by atoms with Crippen molar-refractivity contribution in [3.8, 4) is 0 Å². The molecule has 1 saturated carbocycles. The number of ketones is 1. The van der Waals surface area contributed by atoms with Gasteiger partial charge in [0, 0.05) is 19.4 Å². The van der Waals surface area contributed by atoms with E-state index in [1.54, 1.807) is 0 Å². The van der Waals surface area contributed by atoms with Crippen molar-refractivity contribution >= 4 is 17.4 Å². The molecule has 18 heavy (non-hydrogen) atoms. The Hall–Kier alpha value is -0.830. The molecule has 1 heterocycles. The summed E-state index contributed by atoms with van der Waals surface area (Å²) in [6.45, 7) is 4.84. The van der Waals surface area contributed by atoms with Crippen LogP contribution in [0.25, 0.3) is 0 Å². The molecule has 1 aromatic rings. The van der Waals surface area contributed by atoms with Crippen molar-refractivity contribution in [2.75, 3.05) is 0 Å². The summed E-state index contributed by atoms with van der Waals surface area (Å²) < 4.78 is 1.87. The Labute approximate surface area is 114 Å². The van der Waals surface area contributed by atoms with E-state index in [9.17, 15) is 4.79 Å². The summed E-state index contributed by atoms with van der Waals surface area (Å²) in [4.78, 5) is 12.0. The zero-order chi connectivity index (χ0) is 13.1. The van der Waals surface area contributed by atoms with Crippen LogP contribution in [0.4, 0.5) is 0 Å². The quantitative estimate of drug-likeness (QED) is 0.792. The third-order valence-electron chi connectivity index (χ3n) is 3.80. The first kappa shape index (κ1) is 13.6. The first-order chi connectivity index (χ1) is 8.65. The normalized spacial score (nSPS) is 15.7. The van der Waals surface area contributed by atoms with Crippen LogP contribution in [-0.2, 0) is 24.2 Å². The van der Waals surface area contributed by atoms with E-state index in [0.29, 0.717) is 29.6 Å². The second kappa shape index (κ2) is 5.87. The molecule has 0 aromatic carbocycles. The van der Waals surface area contributed by atoms with Crippen molar-refractivity contribution in [2.45, 2.75) is 58.9 Å². The van der Waals surface area contributed by atoms with Gasteiger partial charge in [-0.25, -0.2) is 0 Å². The first-order valence-electron chi connectivity index (χ1n) is 6.91. The van der Waals surface area contributed by atoms with Gasteiger partial charge in [-0.15, -0.1) is 0 Å². The molecule has 3 nitrogen and oxygen atoms in total. The minimum absolute atomic E-state index is 0.304. The maximum atomic E-state index is 12.0. The minimum atomic E-state index is 0.304. The van der Waals surface area contributed by atoms with Crippen LogP contribution in [0.3, 0.4) is 0 Å². The molecule has 0 radical (unpaired) electrons. The SMILES string of the molecule is CCc1nn(CC)c(CC(=O)CC2CCC2)c1Cl. The molecule has 1 aromatic heterocycles. The molecule has 0 N–H and O–H groups in total. The average molecular weight is 269 g/mol. The summed E-state index contributed by atoms with van der Waals surface area (Å²) in [5, 5.41) is 5.14. The number of nitrogens with zero attached hydrogens (tertiary/aromatic N) is 2. The second-order valence-corrected chi connectivity index (χ2v) is 5.47. The molecular formula is C14H21ClN2O. The lowest BCUT2D eigenvalue weighted by Crippen LogP contribution is -2.18. The lowest BCUT2D eigenvalue weighted by Gasteiger charge is -2.24. The van der Waals surface area contributed by atoms with Crippen LogP contribution in [0.15, 0.2) is 0 Å². The average Bonchev–Trinajstić information content (AvgIpc) is 2.61. The molecular weight excluding hydrogens is 248 g/mol. The molecule has 0 bridgehead atoms. The van der Waals surface area contributed by atoms with Crippen LogP contribution >= 0.6 is 11.6 Å². The van der Waals surface area contributed by atoms with E-state index in [4.69, 9.17) is 11.6 Å². The van der Waals surface area contributed by atoms with Crippen molar-refractivity contribution < 1.29 is 4.79 Å². The molecule has 2 rings (SSSR count). The van der Waals surface area contributed by atoms with Gasteiger partial charge in [0.15, 0.2) is 0 Å². The molecule has 0 aliphatic heterocycles. The first-order valence-corrected chi connectivity index (χ1v) is 7.29. The fraction of sp³-hybridized carbons (Fsp3) is 0.714. The van der Waals surface area contributed by atoms with E-state index in [2.05, 4.69) is 5.10 Å². The lowest BCUT2D eigenvalue weighted by atomic mass is 9.81. The van der Waals surface area contributed by atoms with E-state index in [1.807, 2.05) is 18.5 Å². The number of carbonyl (C=O) groups excluding carboxylic acids is 1. The molecule has 1 fully saturated rings. The number of carbonyl (C=O) groups is 1.